The highest BCUT2D eigenvalue weighted by Gasteiger charge is 2.31. The van der Waals surface area contributed by atoms with Gasteiger partial charge in [-0.1, -0.05) is 60.2 Å². The maximum absolute atomic E-state index is 12.8. The molecule has 32 heavy (non-hydrogen) atoms. The number of benzene rings is 2. The number of carbonyl (C=O) groups is 1. The number of hydrogen-bond acceptors (Lipinski definition) is 4. The quantitative estimate of drug-likeness (QED) is 0.500. The average molecular weight is 475 g/mol. The highest BCUT2D eigenvalue weighted by molar-refractivity contribution is 7.98. The smallest absolute Gasteiger partial charge is 0.224 e. The fourth-order valence-corrected chi connectivity index (χ4v) is 6.31. The highest BCUT2D eigenvalue weighted by atomic mass is 32.2. The molecule has 0 aliphatic carbocycles. The van der Waals surface area contributed by atoms with Gasteiger partial charge in [0, 0.05) is 31.1 Å². The van der Waals surface area contributed by atoms with E-state index in [9.17, 15) is 13.2 Å². The number of thioether (sulfide) groups is 1. The number of aryl methyl sites for hydroxylation is 2. The van der Waals surface area contributed by atoms with E-state index in [1.54, 1.807) is 11.8 Å². The molecule has 0 bridgehead atoms. The Morgan fingerprint density at radius 3 is 2.59 bits per heavy atom. The van der Waals surface area contributed by atoms with Crippen molar-refractivity contribution in [3.63, 3.8) is 0 Å². The Balaban J connectivity index is 1.37. The molecule has 0 spiro atoms. The summed E-state index contributed by atoms with van der Waals surface area (Å²) in [6.07, 6.45) is 2.83. The third-order valence-electron chi connectivity index (χ3n) is 5.79. The van der Waals surface area contributed by atoms with E-state index >= 15 is 0 Å². The van der Waals surface area contributed by atoms with Gasteiger partial charge in [-0.15, -0.1) is 0 Å². The van der Waals surface area contributed by atoms with E-state index in [0.29, 0.717) is 26.1 Å². The van der Waals surface area contributed by atoms with Crippen LogP contribution >= 0.6 is 11.8 Å². The molecule has 1 amide bonds. The van der Waals surface area contributed by atoms with Crippen molar-refractivity contribution < 1.29 is 13.2 Å². The van der Waals surface area contributed by atoms with Gasteiger partial charge in [0.2, 0.25) is 15.9 Å². The van der Waals surface area contributed by atoms with Gasteiger partial charge in [-0.05, 0) is 43.7 Å². The van der Waals surface area contributed by atoms with E-state index in [1.165, 1.54) is 15.4 Å². The molecule has 174 valence electrons. The van der Waals surface area contributed by atoms with Crippen molar-refractivity contribution in [1.29, 1.82) is 0 Å². The second-order valence-electron chi connectivity index (χ2n) is 8.43. The second-order valence-corrected chi connectivity index (χ2v) is 11.6. The molecule has 1 aliphatic heterocycles. The van der Waals surface area contributed by atoms with Crippen molar-refractivity contribution >= 4 is 27.7 Å². The molecule has 1 fully saturated rings. The Bertz CT molecular complexity index is 947. The molecule has 1 N–H and O–H groups in total. The Hall–Kier alpha value is -1.83. The molecule has 1 saturated heterocycles. The number of nitrogens with zero attached hydrogens (tertiary/aromatic N) is 1. The number of amides is 1. The first-order chi connectivity index (χ1) is 15.4. The SMILES string of the molecule is Cc1ccc(CSCCNC(=O)C2CCCN(S(=O)(=O)CCCc3ccccc3)C2)cc1. The van der Waals surface area contributed by atoms with Crippen molar-refractivity contribution in [3.8, 4) is 0 Å². The molecule has 1 heterocycles. The van der Waals surface area contributed by atoms with Gasteiger partial charge in [-0.3, -0.25) is 4.79 Å². The van der Waals surface area contributed by atoms with E-state index < -0.39 is 10.0 Å². The van der Waals surface area contributed by atoms with Gasteiger partial charge in [-0.2, -0.15) is 11.8 Å². The largest absolute Gasteiger partial charge is 0.355 e. The third kappa shape index (κ3) is 7.94. The van der Waals surface area contributed by atoms with Crippen molar-refractivity contribution in [2.45, 2.75) is 38.4 Å². The molecule has 0 aromatic heterocycles. The Labute approximate surface area is 197 Å². The Morgan fingerprint density at radius 2 is 1.84 bits per heavy atom. The predicted molar refractivity (Wildman–Crippen MR) is 133 cm³/mol. The Kier molecular flexibility index (Phi) is 9.63. The number of piperidine rings is 1. The zero-order valence-electron chi connectivity index (χ0n) is 18.8. The van der Waals surface area contributed by atoms with E-state index in [2.05, 4.69) is 36.5 Å². The Morgan fingerprint density at radius 1 is 1.09 bits per heavy atom. The lowest BCUT2D eigenvalue weighted by Crippen LogP contribution is -2.46. The van der Waals surface area contributed by atoms with Gasteiger partial charge in [0.25, 0.3) is 0 Å². The molecule has 7 heteroatoms. The maximum Gasteiger partial charge on any atom is 0.224 e. The van der Waals surface area contributed by atoms with Crippen LogP contribution in [0.25, 0.3) is 0 Å². The predicted octanol–water partition coefficient (Wildman–Crippen LogP) is 4.02. The minimum Gasteiger partial charge on any atom is -0.355 e. The second kappa shape index (κ2) is 12.4. The molecule has 2 aromatic carbocycles. The molecular formula is C25H34N2O3S2. The van der Waals surface area contributed by atoms with Crippen LogP contribution in [-0.2, 0) is 27.0 Å². The van der Waals surface area contributed by atoms with Gasteiger partial charge < -0.3 is 5.32 Å². The average Bonchev–Trinajstić information content (AvgIpc) is 2.80. The summed E-state index contributed by atoms with van der Waals surface area (Å²) in [4.78, 5) is 12.6. The van der Waals surface area contributed by atoms with Crippen LogP contribution in [0.3, 0.4) is 0 Å². The maximum atomic E-state index is 12.8. The van der Waals surface area contributed by atoms with E-state index in [-0.39, 0.29) is 17.6 Å². The van der Waals surface area contributed by atoms with Crippen molar-refractivity contribution in [2.24, 2.45) is 5.92 Å². The fraction of sp³-hybridized carbons (Fsp3) is 0.480. The number of carbonyl (C=O) groups excluding carboxylic acids is 1. The van der Waals surface area contributed by atoms with Gasteiger partial charge in [0.05, 0.1) is 11.7 Å². The summed E-state index contributed by atoms with van der Waals surface area (Å²) in [6.45, 7) is 3.50. The lowest BCUT2D eigenvalue weighted by atomic mass is 9.99. The summed E-state index contributed by atoms with van der Waals surface area (Å²) in [5.74, 6) is 1.62. The number of sulfonamides is 1. The zero-order valence-corrected chi connectivity index (χ0v) is 20.5. The normalized spacial score (nSPS) is 17.2. The van der Waals surface area contributed by atoms with Gasteiger partial charge in [-0.25, -0.2) is 12.7 Å². The van der Waals surface area contributed by atoms with Crippen molar-refractivity contribution in [3.05, 3.63) is 71.3 Å². The first-order valence-corrected chi connectivity index (χ1v) is 14.1. The minimum atomic E-state index is -3.33. The summed E-state index contributed by atoms with van der Waals surface area (Å²) >= 11 is 1.79. The van der Waals surface area contributed by atoms with Crippen molar-refractivity contribution in [2.75, 3.05) is 31.1 Å². The lowest BCUT2D eigenvalue weighted by molar-refractivity contribution is -0.125. The molecule has 0 saturated carbocycles. The summed E-state index contributed by atoms with van der Waals surface area (Å²) < 4.78 is 27.1. The van der Waals surface area contributed by atoms with Gasteiger partial charge >= 0.3 is 0 Å². The zero-order chi connectivity index (χ0) is 22.8. The van der Waals surface area contributed by atoms with E-state index in [4.69, 9.17) is 0 Å². The molecule has 1 unspecified atom stereocenters. The van der Waals surface area contributed by atoms with E-state index in [1.807, 2.05) is 30.3 Å². The first kappa shape index (κ1) is 24.8. The standard InChI is InChI=1S/C25H34N2O3S2/c1-21-11-13-23(14-12-21)20-31-17-15-26-25(28)24-10-5-16-27(19-24)32(29,30)18-6-9-22-7-3-2-4-8-22/h2-4,7-8,11-14,24H,5-6,9-10,15-20H2,1H3,(H,26,28). The van der Waals surface area contributed by atoms with Crippen LogP contribution in [0.4, 0.5) is 0 Å². The summed E-state index contributed by atoms with van der Waals surface area (Å²) in [5.41, 5.74) is 3.69. The topological polar surface area (TPSA) is 66.5 Å². The summed E-state index contributed by atoms with van der Waals surface area (Å²) in [5, 5.41) is 3.00. The molecule has 3 rings (SSSR count). The lowest BCUT2D eigenvalue weighted by Gasteiger charge is -2.31. The van der Waals surface area contributed by atoms with Crippen LogP contribution in [0.15, 0.2) is 54.6 Å². The number of nitrogens with one attached hydrogen (secondary N) is 1. The minimum absolute atomic E-state index is 0.0230. The van der Waals surface area contributed by atoms with Crippen LogP contribution < -0.4 is 5.32 Å². The molecule has 1 aliphatic rings. The molecule has 0 radical (unpaired) electrons. The molecule has 2 aromatic rings. The van der Waals surface area contributed by atoms with Gasteiger partial charge in [0.15, 0.2) is 0 Å². The fourth-order valence-electron chi connectivity index (χ4n) is 3.91. The molecule has 5 nitrogen and oxygen atoms in total. The van der Waals surface area contributed by atoms with Crippen LogP contribution in [0.2, 0.25) is 0 Å². The summed E-state index contributed by atoms with van der Waals surface area (Å²) in [6, 6.07) is 18.4. The first-order valence-electron chi connectivity index (χ1n) is 11.4. The molecule has 1 atom stereocenters. The van der Waals surface area contributed by atoms with Crippen LogP contribution in [0, 0.1) is 12.8 Å². The van der Waals surface area contributed by atoms with Crippen molar-refractivity contribution in [1.82, 2.24) is 9.62 Å². The summed E-state index contributed by atoms with van der Waals surface area (Å²) in [7, 11) is -3.33. The monoisotopic (exact) mass is 474 g/mol. The highest BCUT2D eigenvalue weighted by Crippen LogP contribution is 2.21. The van der Waals surface area contributed by atoms with Gasteiger partial charge in [0.1, 0.15) is 0 Å². The van der Waals surface area contributed by atoms with Crippen LogP contribution in [0.1, 0.15) is 36.0 Å². The third-order valence-corrected chi connectivity index (χ3v) is 8.75. The van der Waals surface area contributed by atoms with Crippen LogP contribution in [-0.4, -0.2) is 49.8 Å². The number of hydrogen-bond donors (Lipinski definition) is 1. The van der Waals surface area contributed by atoms with Crippen LogP contribution in [0.5, 0.6) is 0 Å². The number of rotatable bonds is 11. The van der Waals surface area contributed by atoms with E-state index in [0.717, 1.165) is 36.3 Å². The molecular weight excluding hydrogens is 440 g/mol.